The molecule has 0 saturated heterocycles. The first kappa shape index (κ1) is 17.2. The number of para-hydroxylation sites is 1. The van der Waals surface area contributed by atoms with Crippen molar-refractivity contribution in [3.8, 4) is 5.75 Å². The number of anilines is 1. The van der Waals surface area contributed by atoms with Crippen molar-refractivity contribution in [2.45, 2.75) is 54.7 Å². The van der Waals surface area contributed by atoms with Gasteiger partial charge in [-0.1, -0.05) is 32.0 Å². The number of hydrogen-bond donors (Lipinski definition) is 3. The van der Waals surface area contributed by atoms with Crippen molar-refractivity contribution in [2.75, 3.05) is 5.73 Å². The maximum atomic E-state index is 9.97. The van der Waals surface area contributed by atoms with Crippen LogP contribution in [0.15, 0.2) is 47.4 Å². The van der Waals surface area contributed by atoms with Crippen molar-refractivity contribution in [3.63, 3.8) is 0 Å². The van der Waals surface area contributed by atoms with Crippen molar-refractivity contribution in [3.05, 3.63) is 53.6 Å². The van der Waals surface area contributed by atoms with Gasteiger partial charge in [0.25, 0.3) is 0 Å². The normalized spacial score (nSPS) is 22.1. The summed E-state index contributed by atoms with van der Waals surface area (Å²) in [5, 5.41) is 10.2. The Hall–Kier alpha value is -1.65. The van der Waals surface area contributed by atoms with E-state index in [-0.39, 0.29) is 16.7 Å². The summed E-state index contributed by atoms with van der Waals surface area (Å²) >= 11 is 1.79. The zero-order chi connectivity index (χ0) is 17.3. The smallest absolute Gasteiger partial charge is 0.115 e. The SMILES string of the molecule is CCC1(CC)c2cc(O)ccc2C[C@@H](Sc2ccccc2N)[C@@H]1N. The number of nitrogens with two attached hydrogens (primary N) is 2. The Morgan fingerprint density at radius 3 is 2.54 bits per heavy atom. The quantitative estimate of drug-likeness (QED) is 0.732. The van der Waals surface area contributed by atoms with Crippen LogP contribution in [0.1, 0.15) is 37.8 Å². The van der Waals surface area contributed by atoms with E-state index in [1.54, 1.807) is 17.8 Å². The third kappa shape index (κ3) is 2.78. The summed E-state index contributed by atoms with van der Waals surface area (Å²) < 4.78 is 0. The molecule has 3 rings (SSSR count). The molecule has 0 saturated carbocycles. The van der Waals surface area contributed by atoms with Gasteiger partial charge >= 0.3 is 0 Å². The molecule has 2 aromatic carbocycles. The summed E-state index contributed by atoms with van der Waals surface area (Å²) in [6.45, 7) is 4.39. The summed E-state index contributed by atoms with van der Waals surface area (Å²) in [6, 6.07) is 13.8. The topological polar surface area (TPSA) is 72.3 Å². The van der Waals surface area contributed by atoms with Crippen LogP contribution in [0.5, 0.6) is 5.75 Å². The second-order valence-corrected chi connectivity index (χ2v) is 7.91. The molecule has 0 unspecified atom stereocenters. The van der Waals surface area contributed by atoms with E-state index >= 15 is 0 Å². The Morgan fingerprint density at radius 2 is 1.88 bits per heavy atom. The molecule has 0 aromatic heterocycles. The van der Waals surface area contributed by atoms with E-state index in [2.05, 4.69) is 26.0 Å². The van der Waals surface area contributed by atoms with Crippen LogP contribution in [0, 0.1) is 0 Å². The number of hydrogen-bond acceptors (Lipinski definition) is 4. The zero-order valence-electron chi connectivity index (χ0n) is 14.3. The molecule has 1 aliphatic rings. The number of nitrogen functional groups attached to an aromatic ring is 1. The van der Waals surface area contributed by atoms with E-state index in [1.165, 1.54) is 11.1 Å². The highest BCUT2D eigenvalue weighted by Crippen LogP contribution is 2.47. The molecule has 0 fully saturated rings. The molecule has 24 heavy (non-hydrogen) atoms. The van der Waals surface area contributed by atoms with Gasteiger partial charge in [0.05, 0.1) is 0 Å². The molecular weight excluding hydrogens is 316 g/mol. The summed E-state index contributed by atoms with van der Waals surface area (Å²) in [4.78, 5) is 1.10. The van der Waals surface area contributed by atoms with Gasteiger partial charge in [0.15, 0.2) is 0 Å². The van der Waals surface area contributed by atoms with Crippen molar-refractivity contribution in [1.29, 1.82) is 0 Å². The van der Waals surface area contributed by atoms with Gasteiger partial charge in [-0.05, 0) is 54.7 Å². The highest BCUT2D eigenvalue weighted by atomic mass is 32.2. The van der Waals surface area contributed by atoms with Gasteiger partial charge in [-0.25, -0.2) is 0 Å². The van der Waals surface area contributed by atoms with Crippen LogP contribution >= 0.6 is 11.8 Å². The number of thioether (sulfide) groups is 1. The van der Waals surface area contributed by atoms with E-state index in [4.69, 9.17) is 11.5 Å². The first-order chi connectivity index (χ1) is 11.5. The molecule has 0 bridgehead atoms. The Balaban J connectivity index is 2.02. The van der Waals surface area contributed by atoms with Gasteiger partial charge in [0.1, 0.15) is 5.75 Å². The Morgan fingerprint density at radius 1 is 1.17 bits per heavy atom. The number of phenolic OH excluding ortho intramolecular Hbond substituents is 1. The van der Waals surface area contributed by atoms with Gasteiger partial charge in [0.2, 0.25) is 0 Å². The lowest BCUT2D eigenvalue weighted by molar-refractivity contribution is 0.290. The van der Waals surface area contributed by atoms with Crippen molar-refractivity contribution in [2.24, 2.45) is 5.73 Å². The number of fused-ring (bicyclic) bond motifs is 1. The third-order valence-electron chi connectivity index (χ3n) is 5.55. The average molecular weight is 343 g/mol. The van der Waals surface area contributed by atoms with Gasteiger partial charge in [-0.3, -0.25) is 0 Å². The number of phenols is 1. The predicted octanol–water partition coefficient (Wildman–Crippen LogP) is 4.08. The van der Waals surface area contributed by atoms with E-state index in [9.17, 15) is 5.11 Å². The van der Waals surface area contributed by atoms with Gasteiger partial charge in [-0.15, -0.1) is 11.8 Å². The van der Waals surface area contributed by atoms with E-state index in [0.717, 1.165) is 29.8 Å². The van der Waals surface area contributed by atoms with Gasteiger partial charge in [-0.2, -0.15) is 0 Å². The summed E-state index contributed by atoms with van der Waals surface area (Å²) in [7, 11) is 0. The molecular formula is C20H26N2OS. The number of aromatic hydroxyl groups is 1. The highest BCUT2D eigenvalue weighted by Gasteiger charge is 2.45. The van der Waals surface area contributed by atoms with Crippen LogP contribution in [0.25, 0.3) is 0 Å². The number of benzene rings is 2. The molecule has 5 N–H and O–H groups in total. The third-order valence-corrected chi connectivity index (χ3v) is 6.94. The number of rotatable bonds is 4. The lowest BCUT2D eigenvalue weighted by Gasteiger charge is -2.47. The summed E-state index contributed by atoms with van der Waals surface area (Å²) in [5.74, 6) is 0.325. The minimum atomic E-state index is -0.104. The minimum Gasteiger partial charge on any atom is -0.508 e. The van der Waals surface area contributed by atoms with Crippen LogP contribution in [0.3, 0.4) is 0 Å². The summed E-state index contributed by atoms with van der Waals surface area (Å²) in [5.41, 5.74) is 16.2. The van der Waals surface area contributed by atoms with Crippen LogP contribution in [0.4, 0.5) is 5.69 Å². The highest BCUT2D eigenvalue weighted by molar-refractivity contribution is 8.00. The van der Waals surface area contributed by atoms with Crippen LogP contribution in [-0.2, 0) is 11.8 Å². The fourth-order valence-electron chi connectivity index (χ4n) is 4.05. The van der Waals surface area contributed by atoms with Crippen LogP contribution in [-0.4, -0.2) is 16.4 Å². The predicted molar refractivity (Wildman–Crippen MR) is 103 cm³/mol. The standard InChI is InChI=1S/C20H26N2OS/c1-3-20(4-2)15-12-14(23)10-9-13(15)11-18(19(20)22)24-17-8-6-5-7-16(17)21/h5-10,12,18-19,23H,3-4,11,21-22H2,1-2H3/t18-,19+/m1/s1. The van der Waals surface area contributed by atoms with Gasteiger partial charge in [0, 0.05) is 27.3 Å². The molecule has 0 radical (unpaired) electrons. The van der Waals surface area contributed by atoms with E-state index in [1.807, 2.05) is 24.3 Å². The van der Waals surface area contributed by atoms with Gasteiger partial charge < -0.3 is 16.6 Å². The van der Waals surface area contributed by atoms with Crippen molar-refractivity contribution in [1.82, 2.24) is 0 Å². The first-order valence-corrected chi connectivity index (χ1v) is 9.49. The molecule has 4 heteroatoms. The maximum Gasteiger partial charge on any atom is 0.115 e. The minimum absolute atomic E-state index is 0.0198. The van der Waals surface area contributed by atoms with Crippen molar-refractivity contribution >= 4 is 17.4 Å². The molecule has 0 aliphatic heterocycles. The van der Waals surface area contributed by atoms with Crippen LogP contribution in [0.2, 0.25) is 0 Å². The second kappa shape index (κ2) is 6.69. The van der Waals surface area contributed by atoms with Crippen molar-refractivity contribution < 1.29 is 5.11 Å². The lowest BCUT2D eigenvalue weighted by atomic mass is 9.63. The Kier molecular flexibility index (Phi) is 4.79. The molecule has 0 heterocycles. The molecule has 3 nitrogen and oxygen atoms in total. The fourth-order valence-corrected chi connectivity index (χ4v) is 5.41. The van der Waals surface area contributed by atoms with E-state index < -0.39 is 0 Å². The molecule has 2 aromatic rings. The summed E-state index contributed by atoms with van der Waals surface area (Å²) in [6.07, 6.45) is 2.82. The maximum absolute atomic E-state index is 9.97. The fraction of sp³-hybridized carbons (Fsp3) is 0.400. The first-order valence-electron chi connectivity index (χ1n) is 8.61. The lowest BCUT2D eigenvalue weighted by Crippen LogP contribution is -2.54. The Labute approximate surface area is 148 Å². The zero-order valence-corrected chi connectivity index (χ0v) is 15.1. The van der Waals surface area contributed by atoms with E-state index in [0.29, 0.717) is 5.75 Å². The van der Waals surface area contributed by atoms with Crippen LogP contribution < -0.4 is 11.5 Å². The molecule has 1 aliphatic carbocycles. The monoisotopic (exact) mass is 342 g/mol. The molecule has 0 spiro atoms. The Bertz CT molecular complexity index is 727. The molecule has 0 amide bonds. The second-order valence-electron chi connectivity index (χ2n) is 6.63. The molecule has 128 valence electrons. The average Bonchev–Trinajstić information content (AvgIpc) is 2.59. The molecule has 2 atom stereocenters. The largest absolute Gasteiger partial charge is 0.508 e.